The van der Waals surface area contributed by atoms with Crippen molar-refractivity contribution in [1.82, 2.24) is 9.80 Å². The molecule has 2 aliphatic heterocycles. The first-order valence-corrected chi connectivity index (χ1v) is 10.3. The summed E-state index contributed by atoms with van der Waals surface area (Å²) in [4.78, 5) is 17.8. The van der Waals surface area contributed by atoms with Crippen LogP contribution in [0.25, 0.3) is 0 Å². The van der Waals surface area contributed by atoms with E-state index in [2.05, 4.69) is 53.2 Å². The fourth-order valence-electron chi connectivity index (χ4n) is 4.55. The number of fused-ring (bicyclic) bond motifs is 1. The van der Waals surface area contributed by atoms with E-state index >= 15 is 0 Å². The Morgan fingerprint density at radius 3 is 2.54 bits per heavy atom. The van der Waals surface area contributed by atoms with E-state index in [0.29, 0.717) is 18.9 Å². The van der Waals surface area contributed by atoms with Crippen molar-refractivity contribution in [3.8, 4) is 5.75 Å². The number of carbonyl (C=O) groups is 1. The minimum absolute atomic E-state index is 0.112. The van der Waals surface area contributed by atoms with Crippen molar-refractivity contribution >= 4 is 5.91 Å². The van der Waals surface area contributed by atoms with Crippen LogP contribution in [-0.4, -0.2) is 43.0 Å². The molecular formula is C24H30N2O2. The molecule has 0 radical (unpaired) electrons. The maximum Gasteiger partial charge on any atom is 0.223 e. The van der Waals surface area contributed by atoms with Crippen LogP contribution in [0.1, 0.15) is 42.0 Å². The maximum absolute atomic E-state index is 13.4. The highest BCUT2D eigenvalue weighted by Crippen LogP contribution is 2.36. The lowest BCUT2D eigenvalue weighted by atomic mass is 9.88. The Morgan fingerprint density at radius 1 is 1.07 bits per heavy atom. The van der Waals surface area contributed by atoms with Crippen LogP contribution in [0.4, 0.5) is 0 Å². The summed E-state index contributed by atoms with van der Waals surface area (Å²) in [5.41, 5.74) is 3.75. The first kappa shape index (κ1) is 19.0. The lowest BCUT2D eigenvalue weighted by molar-refractivity contribution is -0.136. The number of amides is 1. The molecule has 2 aromatic rings. The van der Waals surface area contributed by atoms with Crippen molar-refractivity contribution in [2.24, 2.45) is 5.92 Å². The third-order valence-electron chi connectivity index (χ3n) is 6.35. The molecule has 0 spiro atoms. The number of likely N-dealkylation sites (tertiary alicyclic amines) is 1. The number of rotatable bonds is 4. The molecule has 1 amide bonds. The summed E-state index contributed by atoms with van der Waals surface area (Å²) in [5, 5.41) is 0. The molecule has 4 heteroatoms. The predicted molar refractivity (Wildman–Crippen MR) is 111 cm³/mol. The number of ether oxygens (including phenoxy) is 1. The number of methoxy groups -OCH3 is 1. The van der Waals surface area contributed by atoms with Crippen molar-refractivity contribution in [2.45, 2.75) is 38.3 Å². The van der Waals surface area contributed by atoms with Crippen LogP contribution in [0.15, 0.2) is 48.5 Å². The third-order valence-corrected chi connectivity index (χ3v) is 6.35. The average Bonchev–Trinajstić information content (AvgIpc) is 2.74. The predicted octanol–water partition coefficient (Wildman–Crippen LogP) is 4.05. The fraction of sp³-hybridized carbons (Fsp3) is 0.458. The fourth-order valence-corrected chi connectivity index (χ4v) is 4.55. The SMILES string of the molecule is COc1ccc2c(c1)CN(C(=O)CC1CCN(C)CC1)C(c1ccccc1)C2. The van der Waals surface area contributed by atoms with E-state index < -0.39 is 0 Å². The minimum atomic E-state index is 0.112. The van der Waals surface area contributed by atoms with E-state index in [1.165, 1.54) is 16.7 Å². The van der Waals surface area contributed by atoms with Gasteiger partial charge in [-0.2, -0.15) is 0 Å². The van der Waals surface area contributed by atoms with Gasteiger partial charge in [0, 0.05) is 13.0 Å². The Bertz CT molecular complexity index is 813. The van der Waals surface area contributed by atoms with Crippen molar-refractivity contribution < 1.29 is 9.53 Å². The standard InChI is InChI=1S/C24H30N2O2/c1-25-12-10-18(11-13-25)14-24(27)26-17-21-15-22(28-2)9-8-20(21)16-23(26)19-6-4-3-5-7-19/h3-9,15,18,23H,10-14,16-17H2,1-2H3. The van der Waals surface area contributed by atoms with Crippen molar-refractivity contribution in [1.29, 1.82) is 0 Å². The van der Waals surface area contributed by atoms with Crippen molar-refractivity contribution in [3.05, 3.63) is 65.2 Å². The van der Waals surface area contributed by atoms with Gasteiger partial charge in [0.15, 0.2) is 0 Å². The summed E-state index contributed by atoms with van der Waals surface area (Å²) < 4.78 is 5.41. The Kier molecular flexibility index (Phi) is 5.67. The van der Waals surface area contributed by atoms with Crippen molar-refractivity contribution in [2.75, 3.05) is 27.2 Å². The topological polar surface area (TPSA) is 32.8 Å². The zero-order valence-corrected chi connectivity index (χ0v) is 16.9. The van der Waals surface area contributed by atoms with E-state index in [-0.39, 0.29) is 11.9 Å². The molecule has 1 unspecified atom stereocenters. The molecular weight excluding hydrogens is 348 g/mol. The van der Waals surface area contributed by atoms with Gasteiger partial charge in [0.1, 0.15) is 5.75 Å². The number of hydrogen-bond acceptors (Lipinski definition) is 3. The zero-order valence-electron chi connectivity index (χ0n) is 16.9. The molecule has 2 heterocycles. The van der Waals surface area contributed by atoms with Crippen LogP contribution in [0, 0.1) is 5.92 Å². The van der Waals surface area contributed by atoms with E-state index in [9.17, 15) is 4.79 Å². The largest absolute Gasteiger partial charge is 0.497 e. The minimum Gasteiger partial charge on any atom is -0.497 e. The molecule has 0 N–H and O–H groups in total. The number of carbonyl (C=O) groups excluding carboxylic acids is 1. The summed E-state index contributed by atoms with van der Waals surface area (Å²) >= 11 is 0. The second-order valence-electron chi connectivity index (χ2n) is 8.24. The van der Waals surface area contributed by atoms with Crippen LogP contribution in [0.5, 0.6) is 5.75 Å². The highest BCUT2D eigenvalue weighted by molar-refractivity contribution is 5.77. The average molecular weight is 379 g/mol. The Labute approximate surface area is 168 Å². The van der Waals surface area contributed by atoms with Gasteiger partial charge in [-0.3, -0.25) is 4.79 Å². The molecule has 2 aromatic carbocycles. The normalized spacial score (nSPS) is 20.6. The molecule has 28 heavy (non-hydrogen) atoms. The molecule has 2 aliphatic rings. The maximum atomic E-state index is 13.4. The molecule has 0 aromatic heterocycles. The van der Waals surface area contributed by atoms with Gasteiger partial charge in [-0.05, 0) is 74.1 Å². The quantitative estimate of drug-likeness (QED) is 0.805. The molecule has 0 aliphatic carbocycles. The van der Waals surface area contributed by atoms with E-state index in [4.69, 9.17) is 4.74 Å². The monoisotopic (exact) mass is 378 g/mol. The lowest BCUT2D eigenvalue weighted by Gasteiger charge is -2.39. The molecule has 0 bridgehead atoms. The van der Waals surface area contributed by atoms with Crippen LogP contribution < -0.4 is 4.74 Å². The van der Waals surface area contributed by atoms with Gasteiger partial charge in [-0.1, -0.05) is 36.4 Å². The van der Waals surface area contributed by atoms with E-state index in [1.54, 1.807) is 7.11 Å². The Morgan fingerprint density at radius 2 is 1.82 bits per heavy atom. The van der Waals surface area contributed by atoms with Crippen LogP contribution in [-0.2, 0) is 17.8 Å². The molecule has 1 fully saturated rings. The highest BCUT2D eigenvalue weighted by Gasteiger charge is 2.32. The van der Waals surface area contributed by atoms with Gasteiger partial charge in [0.2, 0.25) is 5.91 Å². The van der Waals surface area contributed by atoms with Crippen LogP contribution in [0.2, 0.25) is 0 Å². The van der Waals surface area contributed by atoms with Gasteiger partial charge in [-0.25, -0.2) is 0 Å². The van der Waals surface area contributed by atoms with Gasteiger partial charge >= 0.3 is 0 Å². The summed E-state index contributed by atoms with van der Waals surface area (Å²) in [6, 6.07) is 16.9. The summed E-state index contributed by atoms with van der Waals surface area (Å²) in [6.45, 7) is 2.86. The van der Waals surface area contributed by atoms with E-state index in [0.717, 1.165) is 38.1 Å². The molecule has 0 saturated carbocycles. The number of hydrogen-bond donors (Lipinski definition) is 0. The lowest BCUT2D eigenvalue weighted by Crippen LogP contribution is -2.40. The zero-order chi connectivity index (χ0) is 19.5. The molecule has 148 valence electrons. The first-order chi connectivity index (χ1) is 13.6. The number of nitrogens with zero attached hydrogens (tertiary/aromatic N) is 2. The molecule has 4 nitrogen and oxygen atoms in total. The number of benzene rings is 2. The first-order valence-electron chi connectivity index (χ1n) is 10.3. The second-order valence-corrected chi connectivity index (χ2v) is 8.24. The summed E-state index contributed by atoms with van der Waals surface area (Å²) in [5.74, 6) is 1.66. The molecule has 4 rings (SSSR count). The smallest absolute Gasteiger partial charge is 0.223 e. The molecule has 1 saturated heterocycles. The van der Waals surface area contributed by atoms with E-state index in [1.807, 2.05) is 12.1 Å². The van der Waals surface area contributed by atoms with Gasteiger partial charge in [0.05, 0.1) is 13.2 Å². The van der Waals surface area contributed by atoms with Crippen molar-refractivity contribution in [3.63, 3.8) is 0 Å². The highest BCUT2D eigenvalue weighted by atomic mass is 16.5. The Hall–Kier alpha value is -2.33. The van der Waals surface area contributed by atoms with Gasteiger partial charge < -0.3 is 14.5 Å². The third kappa shape index (κ3) is 4.07. The number of piperidine rings is 1. The second kappa shape index (κ2) is 8.36. The van der Waals surface area contributed by atoms with Gasteiger partial charge in [0.25, 0.3) is 0 Å². The van der Waals surface area contributed by atoms with Crippen LogP contribution in [0.3, 0.4) is 0 Å². The summed E-state index contributed by atoms with van der Waals surface area (Å²) in [6.07, 6.45) is 3.77. The Balaban J connectivity index is 1.58. The summed E-state index contributed by atoms with van der Waals surface area (Å²) in [7, 11) is 3.86. The van der Waals surface area contributed by atoms with Gasteiger partial charge in [-0.15, -0.1) is 0 Å². The van der Waals surface area contributed by atoms with Crippen LogP contribution >= 0.6 is 0 Å². The molecule has 1 atom stereocenters.